The van der Waals surface area contributed by atoms with Crippen molar-refractivity contribution >= 4 is 0 Å². The molecule has 0 aromatic rings. The molecule has 0 aromatic heterocycles. The van der Waals surface area contributed by atoms with Crippen LogP contribution < -0.4 is 5.32 Å². The summed E-state index contributed by atoms with van der Waals surface area (Å²) in [5.74, 6) is -4.20. The van der Waals surface area contributed by atoms with Crippen molar-refractivity contribution in [3.05, 3.63) is 0 Å². The van der Waals surface area contributed by atoms with Gasteiger partial charge in [0, 0.05) is 6.42 Å². The lowest BCUT2D eigenvalue weighted by molar-refractivity contribution is -0.136. The van der Waals surface area contributed by atoms with Crippen LogP contribution in [0.15, 0.2) is 0 Å². The second kappa shape index (κ2) is 5.53. The Kier molecular flexibility index (Phi) is 5.33. The summed E-state index contributed by atoms with van der Waals surface area (Å²) in [4.78, 5) is 0. The van der Waals surface area contributed by atoms with Crippen molar-refractivity contribution in [3.63, 3.8) is 0 Å². The normalized spacial score (nSPS) is 13.6. The van der Waals surface area contributed by atoms with Crippen molar-refractivity contribution in [2.24, 2.45) is 0 Å². The minimum atomic E-state index is -4.35. The van der Waals surface area contributed by atoms with Crippen molar-refractivity contribution in [3.8, 4) is 0 Å². The van der Waals surface area contributed by atoms with E-state index >= 15 is 0 Å². The minimum Gasteiger partial charge on any atom is -0.311 e. The molecule has 0 amide bonds. The van der Waals surface area contributed by atoms with E-state index in [1.54, 1.807) is 0 Å². The summed E-state index contributed by atoms with van der Waals surface area (Å²) in [7, 11) is 0. The highest BCUT2D eigenvalue weighted by Crippen LogP contribution is 2.22. The van der Waals surface area contributed by atoms with E-state index in [4.69, 9.17) is 0 Å². The second-order valence-electron chi connectivity index (χ2n) is 2.96. The summed E-state index contributed by atoms with van der Waals surface area (Å²) in [6.07, 6.45) is -9.71. The molecule has 1 N–H and O–H groups in total. The molecule has 8 heteroatoms. The van der Waals surface area contributed by atoms with Crippen LogP contribution in [0.5, 0.6) is 0 Å². The molecule has 0 atom stereocenters. The van der Waals surface area contributed by atoms with Crippen LogP contribution in [0, 0.1) is 0 Å². The highest BCUT2D eigenvalue weighted by Gasteiger charge is 2.40. The molecule has 0 radical (unpaired) electrons. The SMILES string of the molecule is FC(F)C(F)(F)CNCCCC(F)(F)F. The number of hydrogen-bond donors (Lipinski definition) is 1. The number of nitrogens with one attached hydrogen (secondary N) is 1. The van der Waals surface area contributed by atoms with Gasteiger partial charge in [0.1, 0.15) is 0 Å². The first-order valence-corrected chi connectivity index (χ1v) is 4.08. The molecular formula is C7H10F7N. The maximum Gasteiger partial charge on any atom is 0.389 e. The van der Waals surface area contributed by atoms with Crippen LogP contribution in [0.1, 0.15) is 12.8 Å². The molecule has 0 saturated heterocycles. The van der Waals surface area contributed by atoms with Crippen molar-refractivity contribution < 1.29 is 30.7 Å². The highest BCUT2D eigenvalue weighted by molar-refractivity contribution is 4.72. The van der Waals surface area contributed by atoms with Gasteiger partial charge in [-0.05, 0) is 13.0 Å². The smallest absolute Gasteiger partial charge is 0.311 e. The van der Waals surface area contributed by atoms with E-state index < -0.39 is 37.9 Å². The Morgan fingerprint density at radius 3 is 1.93 bits per heavy atom. The molecule has 15 heavy (non-hydrogen) atoms. The third-order valence-electron chi connectivity index (χ3n) is 1.49. The van der Waals surface area contributed by atoms with Gasteiger partial charge < -0.3 is 5.32 Å². The molecule has 92 valence electrons. The van der Waals surface area contributed by atoms with Gasteiger partial charge in [-0.25, -0.2) is 8.78 Å². The fraction of sp³-hybridized carbons (Fsp3) is 1.00. The number of alkyl halides is 7. The Morgan fingerprint density at radius 1 is 1.00 bits per heavy atom. The summed E-state index contributed by atoms with van der Waals surface area (Å²) in [6.45, 7) is -1.69. The quantitative estimate of drug-likeness (QED) is 0.557. The van der Waals surface area contributed by atoms with E-state index in [0.717, 1.165) is 0 Å². The van der Waals surface area contributed by atoms with E-state index in [0.29, 0.717) is 0 Å². The highest BCUT2D eigenvalue weighted by atomic mass is 19.4. The average molecular weight is 241 g/mol. The number of rotatable bonds is 6. The van der Waals surface area contributed by atoms with Crippen LogP contribution in [0.2, 0.25) is 0 Å². The predicted octanol–water partition coefficient (Wildman–Crippen LogP) is 2.82. The predicted molar refractivity (Wildman–Crippen MR) is 39.1 cm³/mol. The van der Waals surface area contributed by atoms with Gasteiger partial charge >= 0.3 is 18.5 Å². The Bertz CT molecular complexity index is 177. The van der Waals surface area contributed by atoms with Gasteiger partial charge in [-0.15, -0.1) is 0 Å². The zero-order valence-corrected chi connectivity index (χ0v) is 7.55. The number of halogens is 7. The summed E-state index contributed by atoms with van der Waals surface area (Å²) in [5, 5.41) is 1.85. The lowest BCUT2D eigenvalue weighted by Gasteiger charge is -2.15. The van der Waals surface area contributed by atoms with Gasteiger partial charge in [-0.2, -0.15) is 22.0 Å². The molecular weight excluding hydrogens is 231 g/mol. The fourth-order valence-corrected chi connectivity index (χ4v) is 0.746. The van der Waals surface area contributed by atoms with Crippen molar-refractivity contribution in [1.29, 1.82) is 0 Å². The lowest BCUT2D eigenvalue weighted by atomic mass is 10.3. The maximum atomic E-state index is 12.2. The molecule has 0 fully saturated rings. The molecule has 0 aliphatic carbocycles. The van der Waals surface area contributed by atoms with Gasteiger partial charge in [0.05, 0.1) is 6.54 Å². The standard InChI is InChI=1S/C7H10F7N/c8-5(9)6(10,11)4-15-3-1-2-7(12,13)14/h5,15H,1-4H2. The Balaban J connectivity index is 3.55. The van der Waals surface area contributed by atoms with Gasteiger partial charge in [-0.3, -0.25) is 0 Å². The van der Waals surface area contributed by atoms with Gasteiger partial charge in [0.2, 0.25) is 0 Å². The lowest BCUT2D eigenvalue weighted by Crippen LogP contribution is -2.39. The first-order chi connectivity index (χ1) is 6.65. The van der Waals surface area contributed by atoms with Crippen molar-refractivity contribution in [2.45, 2.75) is 31.4 Å². The first-order valence-electron chi connectivity index (χ1n) is 4.08. The van der Waals surface area contributed by atoms with Crippen molar-refractivity contribution in [1.82, 2.24) is 5.32 Å². The van der Waals surface area contributed by atoms with Gasteiger partial charge in [0.15, 0.2) is 0 Å². The largest absolute Gasteiger partial charge is 0.389 e. The van der Waals surface area contributed by atoms with Crippen LogP contribution in [0.3, 0.4) is 0 Å². The van der Waals surface area contributed by atoms with E-state index in [9.17, 15) is 30.7 Å². The minimum absolute atomic E-state index is 0.373. The van der Waals surface area contributed by atoms with E-state index in [-0.39, 0.29) is 6.54 Å². The third-order valence-corrected chi connectivity index (χ3v) is 1.49. The molecule has 0 heterocycles. The summed E-state index contributed by atoms with van der Waals surface area (Å²) in [5.41, 5.74) is 0. The Hall–Kier alpha value is -0.530. The zero-order chi connectivity index (χ0) is 12.1. The summed E-state index contributed by atoms with van der Waals surface area (Å²) >= 11 is 0. The fourth-order valence-electron chi connectivity index (χ4n) is 0.746. The molecule has 1 nitrogen and oxygen atoms in total. The Morgan fingerprint density at radius 2 is 1.53 bits per heavy atom. The Labute approximate surface area is 81.6 Å². The van der Waals surface area contributed by atoms with E-state index in [1.807, 2.05) is 5.32 Å². The molecule has 0 bridgehead atoms. The second-order valence-corrected chi connectivity index (χ2v) is 2.96. The summed E-state index contributed by atoms with van der Waals surface area (Å²) < 4.78 is 82.1. The molecule has 0 saturated carbocycles. The van der Waals surface area contributed by atoms with Crippen LogP contribution in [-0.2, 0) is 0 Å². The van der Waals surface area contributed by atoms with Crippen molar-refractivity contribution in [2.75, 3.05) is 13.1 Å². The molecule has 0 aliphatic rings. The van der Waals surface area contributed by atoms with Gasteiger partial charge in [0.25, 0.3) is 0 Å². The first kappa shape index (κ1) is 14.5. The van der Waals surface area contributed by atoms with Crippen LogP contribution in [0.4, 0.5) is 30.7 Å². The third kappa shape index (κ3) is 7.40. The van der Waals surface area contributed by atoms with Crippen LogP contribution in [-0.4, -0.2) is 31.6 Å². The van der Waals surface area contributed by atoms with E-state index in [2.05, 4.69) is 0 Å². The van der Waals surface area contributed by atoms with Crippen LogP contribution in [0.25, 0.3) is 0 Å². The topological polar surface area (TPSA) is 12.0 Å². The molecule has 0 aromatic carbocycles. The van der Waals surface area contributed by atoms with Gasteiger partial charge in [-0.1, -0.05) is 0 Å². The number of hydrogen-bond acceptors (Lipinski definition) is 1. The van der Waals surface area contributed by atoms with Crippen LogP contribution >= 0.6 is 0 Å². The maximum absolute atomic E-state index is 12.2. The molecule has 0 aliphatic heterocycles. The average Bonchev–Trinajstić information content (AvgIpc) is 2.00. The molecule has 0 spiro atoms. The molecule has 0 rings (SSSR count). The summed E-state index contributed by atoms with van der Waals surface area (Å²) in [6, 6.07) is 0. The molecule has 0 unspecified atom stereocenters. The van der Waals surface area contributed by atoms with E-state index in [1.165, 1.54) is 0 Å². The monoisotopic (exact) mass is 241 g/mol. The zero-order valence-electron chi connectivity index (χ0n) is 7.55.